The second-order valence-electron chi connectivity index (χ2n) is 16.6. The lowest BCUT2D eigenvalue weighted by Crippen LogP contribution is -2.13. The summed E-state index contributed by atoms with van der Waals surface area (Å²) in [5, 5.41) is 11.6. The van der Waals surface area contributed by atoms with Crippen LogP contribution < -0.4 is 0 Å². The summed E-state index contributed by atoms with van der Waals surface area (Å²) < 4.78 is 15.5. The third-order valence-electron chi connectivity index (χ3n) is 13.1. The zero-order valence-corrected chi connectivity index (χ0v) is 33.3. The number of nitrogens with zero attached hydrogens (tertiary/aromatic N) is 4. The van der Waals surface area contributed by atoms with Crippen LogP contribution in [-0.2, 0) is 6.42 Å². The fourth-order valence-electron chi connectivity index (χ4n) is 10.3. The van der Waals surface area contributed by atoms with Gasteiger partial charge in [-0.15, -0.1) is 0 Å². The highest BCUT2D eigenvalue weighted by molar-refractivity contribution is 6.24. The van der Waals surface area contributed by atoms with Gasteiger partial charge in [0.25, 0.3) is 0 Å². The number of hydrogen-bond acceptors (Lipinski definition) is 5. The highest BCUT2D eigenvalue weighted by Crippen LogP contribution is 2.51. The van der Waals surface area contributed by atoms with Gasteiger partial charge in [-0.2, -0.15) is 0 Å². The Bertz CT molecular complexity index is 3950. The molecule has 1 atom stereocenters. The number of rotatable bonds is 4. The molecule has 62 heavy (non-hydrogen) atoms. The van der Waals surface area contributed by atoms with Gasteiger partial charge >= 0.3 is 0 Å². The van der Waals surface area contributed by atoms with E-state index in [2.05, 4.69) is 162 Å². The summed E-state index contributed by atoms with van der Waals surface area (Å²) in [6, 6.07) is 55.9. The minimum atomic E-state index is -0.378. The molecule has 0 saturated heterocycles. The van der Waals surface area contributed by atoms with Crippen LogP contribution in [0.25, 0.3) is 117 Å². The topological polar surface area (TPSA) is 69.9 Å². The molecule has 1 unspecified atom stereocenters. The third kappa shape index (κ3) is 4.89. The molecule has 6 heteroatoms. The van der Waals surface area contributed by atoms with Gasteiger partial charge in [-0.3, -0.25) is 0 Å². The lowest BCUT2D eigenvalue weighted by Gasteiger charge is -2.21. The molecule has 2 aliphatic rings. The number of fused-ring (bicyclic) bond motifs is 13. The largest absolute Gasteiger partial charge is 0.461 e. The van der Waals surface area contributed by atoms with E-state index in [9.17, 15) is 0 Å². The molecule has 0 saturated carbocycles. The predicted octanol–water partition coefficient (Wildman–Crippen LogP) is 14.4. The van der Waals surface area contributed by atoms with Crippen molar-refractivity contribution in [2.45, 2.75) is 18.8 Å². The first kappa shape index (κ1) is 33.7. The minimum Gasteiger partial charge on any atom is -0.461 e. The predicted molar refractivity (Wildman–Crippen MR) is 252 cm³/mol. The Labute approximate surface area is 354 Å². The molecule has 14 rings (SSSR count). The van der Waals surface area contributed by atoms with Gasteiger partial charge < -0.3 is 13.4 Å². The molecule has 4 aromatic heterocycles. The van der Waals surface area contributed by atoms with Crippen molar-refractivity contribution < 1.29 is 8.83 Å². The van der Waals surface area contributed by atoms with Gasteiger partial charge in [0, 0.05) is 62.0 Å². The van der Waals surface area contributed by atoms with Gasteiger partial charge in [0.15, 0.2) is 11.6 Å². The highest BCUT2D eigenvalue weighted by Gasteiger charge is 2.39. The molecule has 6 nitrogen and oxygen atoms in total. The number of aromatic nitrogens is 4. The Balaban J connectivity index is 1.07. The smallest absolute Gasteiger partial charge is 0.163 e. The molecule has 0 aliphatic heterocycles. The standard InChI is InChI=1S/C56H34N4O2/c1-2-13-34-27-37(22-21-32(34)11-1)54-57-55(38-24-26-49-42(29-38)40-17-7-9-19-47(40)61-49)59-56(58-54)53-46(31-50-52(53)41-18-8-10-20-48(41)62-50)60-44-25-23-33-12-5-6-16-39(33)51(44)43-28-35-14-3-4-15-36(35)30-45(43)60/h1-9,11-19,21-31,53H,10,20H2. The first-order chi connectivity index (χ1) is 30.7. The lowest BCUT2D eigenvalue weighted by molar-refractivity contribution is 0.499. The van der Waals surface area contributed by atoms with Crippen LogP contribution in [0.5, 0.6) is 0 Å². The van der Waals surface area contributed by atoms with E-state index in [1.165, 1.54) is 32.3 Å². The van der Waals surface area contributed by atoms with E-state index >= 15 is 0 Å². The molecule has 0 N–H and O–H groups in total. The van der Waals surface area contributed by atoms with Crippen molar-refractivity contribution in [2.24, 2.45) is 0 Å². The number of furan rings is 2. The normalized spacial score (nSPS) is 14.8. The summed E-state index contributed by atoms with van der Waals surface area (Å²) in [4.78, 5) is 16.3. The molecular weight excluding hydrogens is 761 g/mol. The zero-order chi connectivity index (χ0) is 40.5. The van der Waals surface area contributed by atoms with Crippen LogP contribution in [0.3, 0.4) is 0 Å². The third-order valence-corrected chi connectivity index (χ3v) is 13.1. The molecule has 2 aliphatic carbocycles. The van der Waals surface area contributed by atoms with E-state index in [1.54, 1.807) is 0 Å². The fraction of sp³-hybridized carbons (Fsp3) is 0.0536. The highest BCUT2D eigenvalue weighted by atomic mass is 16.3. The van der Waals surface area contributed by atoms with E-state index in [0.717, 1.165) is 96.1 Å². The Hall–Kier alpha value is -8.09. The van der Waals surface area contributed by atoms with E-state index < -0.39 is 0 Å². The maximum absolute atomic E-state index is 6.83. The molecule has 0 amide bonds. The van der Waals surface area contributed by atoms with Crippen LogP contribution in [0, 0.1) is 0 Å². The van der Waals surface area contributed by atoms with Crippen LogP contribution in [0.15, 0.2) is 173 Å². The summed E-state index contributed by atoms with van der Waals surface area (Å²) in [6.07, 6.45) is 8.54. The summed E-state index contributed by atoms with van der Waals surface area (Å²) in [7, 11) is 0. The van der Waals surface area contributed by atoms with E-state index in [-0.39, 0.29) is 5.92 Å². The summed E-state index contributed by atoms with van der Waals surface area (Å²) >= 11 is 0. The molecule has 290 valence electrons. The SMILES string of the molecule is C1=Cc2c(oc3c2C(c2nc(-c4ccc5ccccc5c4)nc(-c4ccc5oc6ccccc6c5c4)n2)C(n2c4cc5ccccc5cc4c4c5ccccc5ccc42)=C3)CC1. The van der Waals surface area contributed by atoms with Crippen molar-refractivity contribution >= 4 is 93.9 Å². The Kier molecular flexibility index (Phi) is 6.91. The minimum absolute atomic E-state index is 0.378. The second-order valence-corrected chi connectivity index (χ2v) is 16.6. The fourth-order valence-corrected chi connectivity index (χ4v) is 10.3. The van der Waals surface area contributed by atoms with Gasteiger partial charge in [-0.1, -0.05) is 121 Å². The van der Waals surface area contributed by atoms with Crippen LogP contribution in [-0.4, -0.2) is 19.5 Å². The zero-order valence-electron chi connectivity index (χ0n) is 33.3. The molecule has 8 aromatic carbocycles. The number of aryl methyl sites for hydroxylation is 1. The van der Waals surface area contributed by atoms with E-state index in [4.69, 9.17) is 23.8 Å². The number of para-hydroxylation sites is 1. The lowest BCUT2D eigenvalue weighted by atomic mass is 9.92. The Morgan fingerprint density at radius 1 is 0.516 bits per heavy atom. The van der Waals surface area contributed by atoms with Crippen molar-refractivity contribution in [2.75, 3.05) is 0 Å². The van der Waals surface area contributed by atoms with Crippen molar-refractivity contribution in [3.8, 4) is 22.8 Å². The average Bonchev–Trinajstić information content (AvgIpc) is 4.08. The monoisotopic (exact) mass is 794 g/mol. The maximum atomic E-state index is 6.83. The van der Waals surface area contributed by atoms with Crippen molar-refractivity contribution in [1.29, 1.82) is 0 Å². The molecule has 4 heterocycles. The summed E-state index contributed by atoms with van der Waals surface area (Å²) in [6.45, 7) is 0. The van der Waals surface area contributed by atoms with Crippen LogP contribution >= 0.6 is 0 Å². The number of benzene rings is 8. The van der Waals surface area contributed by atoms with Crippen molar-refractivity contribution in [3.05, 3.63) is 192 Å². The van der Waals surface area contributed by atoms with Crippen molar-refractivity contribution in [3.63, 3.8) is 0 Å². The average molecular weight is 795 g/mol. The quantitative estimate of drug-likeness (QED) is 0.177. The van der Waals surface area contributed by atoms with Gasteiger partial charge in [-0.25, -0.2) is 15.0 Å². The van der Waals surface area contributed by atoms with Crippen LogP contribution in [0.1, 0.15) is 40.8 Å². The first-order valence-corrected chi connectivity index (χ1v) is 21.3. The summed E-state index contributed by atoms with van der Waals surface area (Å²) in [5.41, 5.74) is 9.02. The molecule has 0 radical (unpaired) electrons. The van der Waals surface area contributed by atoms with Crippen molar-refractivity contribution in [1.82, 2.24) is 19.5 Å². The van der Waals surface area contributed by atoms with E-state index in [1.807, 2.05) is 18.2 Å². The first-order valence-electron chi connectivity index (χ1n) is 21.3. The van der Waals surface area contributed by atoms with Gasteiger partial charge in [0.05, 0.1) is 17.0 Å². The summed E-state index contributed by atoms with van der Waals surface area (Å²) in [5.74, 6) is 3.38. The number of hydrogen-bond donors (Lipinski definition) is 0. The molecular formula is C56H34N4O2. The second kappa shape index (κ2) is 12.7. The number of allylic oxidation sites excluding steroid dienone is 2. The molecule has 12 aromatic rings. The van der Waals surface area contributed by atoms with Crippen LogP contribution in [0.4, 0.5) is 0 Å². The Morgan fingerprint density at radius 2 is 1.19 bits per heavy atom. The molecule has 0 spiro atoms. The van der Waals surface area contributed by atoms with Gasteiger partial charge in [0.1, 0.15) is 28.5 Å². The van der Waals surface area contributed by atoms with Gasteiger partial charge in [0.2, 0.25) is 0 Å². The van der Waals surface area contributed by atoms with E-state index in [0.29, 0.717) is 17.5 Å². The molecule has 0 fully saturated rings. The Morgan fingerprint density at radius 3 is 2.05 bits per heavy atom. The maximum Gasteiger partial charge on any atom is 0.163 e. The van der Waals surface area contributed by atoms with Crippen LogP contribution in [0.2, 0.25) is 0 Å². The van der Waals surface area contributed by atoms with Gasteiger partial charge in [-0.05, 0) is 87.3 Å². The molecule has 0 bridgehead atoms.